The first-order valence-electron chi connectivity index (χ1n) is 8.81. The van der Waals surface area contributed by atoms with Gasteiger partial charge in [0.15, 0.2) is 40.7 Å². The topological polar surface area (TPSA) is 9.23 Å². The first-order chi connectivity index (χ1) is 12.8. The molecule has 9 heteroatoms. The van der Waals surface area contributed by atoms with Crippen molar-refractivity contribution in [2.75, 3.05) is 0 Å². The lowest BCUT2D eigenvalue weighted by Gasteiger charge is -2.42. The average Bonchev–Trinajstić information content (AvgIpc) is 2.60. The van der Waals surface area contributed by atoms with Crippen LogP contribution in [-0.4, -0.2) is 8.32 Å². The Balaban J connectivity index is 2.94. The third kappa shape index (κ3) is 3.07. The van der Waals surface area contributed by atoms with Crippen molar-refractivity contribution in [2.24, 2.45) is 0 Å². The smallest absolute Gasteiger partial charge is 0.259 e. The van der Waals surface area contributed by atoms with Gasteiger partial charge in [0.25, 0.3) is 8.32 Å². The van der Waals surface area contributed by atoms with E-state index in [-0.39, 0.29) is 16.6 Å². The van der Waals surface area contributed by atoms with Crippen LogP contribution in [-0.2, 0) is 0 Å². The van der Waals surface area contributed by atoms with Gasteiger partial charge in [0.05, 0.1) is 10.8 Å². The molecule has 0 aliphatic carbocycles. The Morgan fingerprint density at radius 1 is 0.500 bits per heavy atom. The van der Waals surface area contributed by atoms with Crippen LogP contribution in [0, 0.1) is 40.7 Å². The van der Waals surface area contributed by atoms with E-state index >= 15 is 0 Å². The maximum absolute atomic E-state index is 15.0. The van der Waals surface area contributed by atoms with Crippen molar-refractivity contribution in [3.8, 4) is 5.75 Å². The second kappa shape index (κ2) is 7.57. The number of hydrogen-bond acceptors (Lipinski definition) is 1. The van der Waals surface area contributed by atoms with Gasteiger partial charge in [-0.2, -0.15) is 4.39 Å². The molecule has 0 unspecified atom stereocenters. The van der Waals surface area contributed by atoms with Crippen LogP contribution in [0.15, 0.2) is 0 Å². The Morgan fingerprint density at radius 2 is 0.821 bits per heavy atom. The van der Waals surface area contributed by atoms with Crippen LogP contribution in [0.5, 0.6) is 5.75 Å². The largest absolute Gasteiger partial charge is 0.539 e. The van der Waals surface area contributed by atoms with Gasteiger partial charge >= 0.3 is 0 Å². The molecule has 0 aliphatic rings. The second-order valence-corrected chi connectivity index (χ2v) is 13.1. The van der Waals surface area contributed by atoms with Gasteiger partial charge in [-0.15, -0.1) is 0 Å². The number of benzene rings is 2. The molecule has 156 valence electrons. The van der Waals surface area contributed by atoms with E-state index in [0.717, 1.165) is 0 Å². The van der Waals surface area contributed by atoms with Crippen molar-refractivity contribution < 1.29 is 35.2 Å². The lowest BCUT2D eigenvalue weighted by molar-refractivity contribution is 0.389. The predicted molar refractivity (Wildman–Crippen MR) is 95.3 cm³/mol. The minimum atomic E-state index is -3.03. The van der Waals surface area contributed by atoms with Crippen LogP contribution in [0.25, 0.3) is 10.8 Å². The van der Waals surface area contributed by atoms with Gasteiger partial charge in [-0.05, 0) is 16.6 Å². The number of fused-ring (bicyclic) bond motifs is 1. The van der Waals surface area contributed by atoms with Crippen molar-refractivity contribution in [1.82, 2.24) is 0 Å². The van der Waals surface area contributed by atoms with Crippen LogP contribution in [0.3, 0.4) is 0 Å². The molecule has 2 aromatic carbocycles. The van der Waals surface area contributed by atoms with Crippen LogP contribution >= 0.6 is 0 Å². The highest BCUT2D eigenvalue weighted by atomic mass is 28.4. The fourth-order valence-electron chi connectivity index (χ4n) is 4.08. The molecule has 28 heavy (non-hydrogen) atoms. The molecule has 0 saturated carbocycles. The summed E-state index contributed by atoms with van der Waals surface area (Å²) >= 11 is 0. The van der Waals surface area contributed by atoms with E-state index in [1.165, 1.54) is 0 Å². The van der Waals surface area contributed by atoms with Gasteiger partial charge in [-0.25, -0.2) is 26.3 Å². The van der Waals surface area contributed by atoms with Crippen molar-refractivity contribution in [3.63, 3.8) is 0 Å². The molecule has 0 radical (unpaired) electrons. The fourth-order valence-corrected chi connectivity index (χ4v) is 9.32. The van der Waals surface area contributed by atoms with E-state index in [1.807, 2.05) is 0 Å². The molecule has 0 atom stereocenters. The van der Waals surface area contributed by atoms with E-state index in [2.05, 4.69) is 0 Å². The van der Waals surface area contributed by atoms with Gasteiger partial charge in [-0.3, -0.25) is 0 Å². The molecule has 0 aliphatic heterocycles. The maximum Gasteiger partial charge on any atom is 0.259 e. The predicted octanol–water partition coefficient (Wildman–Crippen LogP) is 7.37. The monoisotopic (exact) mass is 426 g/mol. The molecule has 0 heterocycles. The normalized spacial score (nSPS) is 12.7. The van der Waals surface area contributed by atoms with Crippen LogP contribution in [0.4, 0.5) is 30.7 Å². The molecule has 2 aromatic rings. The molecule has 0 N–H and O–H groups in total. The minimum Gasteiger partial charge on any atom is -0.539 e. The van der Waals surface area contributed by atoms with Gasteiger partial charge in [0, 0.05) is 0 Å². The maximum atomic E-state index is 15.0. The Morgan fingerprint density at radius 3 is 1.18 bits per heavy atom. The minimum absolute atomic E-state index is 0.184. The molecule has 0 bridgehead atoms. The summed E-state index contributed by atoms with van der Waals surface area (Å²) < 4.78 is 105. The standard InChI is InChI=1S/C19H21F7OSi/c1-7(2)28(8(3)4,9(5)6)27-19-15(23)11-10(14(22)18(19)26)12(20)16(24)17(25)13(11)21/h7-9H,1-6H3. The quantitative estimate of drug-likeness (QED) is 0.210. The van der Waals surface area contributed by atoms with Crippen LogP contribution < -0.4 is 4.43 Å². The van der Waals surface area contributed by atoms with Crippen molar-refractivity contribution in [3.05, 3.63) is 40.7 Å². The average molecular weight is 426 g/mol. The Hall–Kier alpha value is -1.77. The third-order valence-electron chi connectivity index (χ3n) is 5.28. The second-order valence-electron chi connectivity index (χ2n) is 7.70. The summed E-state index contributed by atoms with van der Waals surface area (Å²) in [6.07, 6.45) is 0. The number of halogens is 7. The van der Waals surface area contributed by atoms with E-state index in [4.69, 9.17) is 4.43 Å². The highest BCUT2D eigenvalue weighted by Gasteiger charge is 2.48. The number of hydrogen-bond donors (Lipinski definition) is 0. The summed E-state index contributed by atoms with van der Waals surface area (Å²) in [5.41, 5.74) is -0.551. The Labute approximate surface area is 159 Å². The van der Waals surface area contributed by atoms with Crippen molar-refractivity contribution in [2.45, 2.75) is 58.2 Å². The Kier molecular flexibility index (Phi) is 6.09. The van der Waals surface area contributed by atoms with E-state index in [9.17, 15) is 30.7 Å². The molecular weight excluding hydrogens is 405 g/mol. The van der Waals surface area contributed by atoms with Gasteiger partial charge in [-0.1, -0.05) is 41.5 Å². The number of rotatable bonds is 5. The molecule has 0 spiro atoms. The van der Waals surface area contributed by atoms with Gasteiger partial charge in [0.2, 0.25) is 5.82 Å². The summed E-state index contributed by atoms with van der Waals surface area (Å²) in [7, 11) is -3.03. The van der Waals surface area contributed by atoms with Gasteiger partial charge in [0.1, 0.15) is 0 Å². The molecule has 0 aromatic heterocycles. The molecule has 2 rings (SSSR count). The van der Waals surface area contributed by atoms with Crippen molar-refractivity contribution in [1.29, 1.82) is 0 Å². The first kappa shape index (κ1) is 22.5. The lowest BCUT2D eigenvalue weighted by Crippen LogP contribution is -2.51. The van der Waals surface area contributed by atoms with Crippen molar-refractivity contribution >= 4 is 19.1 Å². The zero-order valence-electron chi connectivity index (χ0n) is 16.3. The molecular formula is C19H21F7OSi. The molecule has 1 nitrogen and oxygen atoms in total. The Bertz CT molecular complexity index is 903. The van der Waals surface area contributed by atoms with Gasteiger partial charge < -0.3 is 4.43 Å². The summed E-state index contributed by atoms with van der Waals surface area (Å²) in [6.45, 7) is 10.7. The highest BCUT2D eigenvalue weighted by Crippen LogP contribution is 2.46. The SMILES string of the molecule is CC(C)[Si](Oc1c(F)c(F)c2c(F)c(F)c(F)c(F)c2c1F)(C(C)C)C(C)C. The summed E-state index contributed by atoms with van der Waals surface area (Å²) in [6, 6.07) is 0. The third-order valence-corrected chi connectivity index (χ3v) is 11.3. The zero-order chi connectivity index (χ0) is 21.7. The van der Waals surface area contributed by atoms with E-state index in [1.54, 1.807) is 41.5 Å². The first-order valence-corrected chi connectivity index (χ1v) is 11.0. The highest BCUT2D eigenvalue weighted by molar-refractivity contribution is 6.78. The summed E-state index contributed by atoms with van der Waals surface area (Å²) in [4.78, 5) is 0. The van der Waals surface area contributed by atoms with E-state index in [0.29, 0.717) is 0 Å². The zero-order valence-corrected chi connectivity index (χ0v) is 17.3. The molecule has 0 amide bonds. The fraction of sp³-hybridized carbons (Fsp3) is 0.474. The summed E-state index contributed by atoms with van der Waals surface area (Å²) in [5, 5.41) is -3.16. The van der Waals surface area contributed by atoms with Crippen LogP contribution in [0.2, 0.25) is 16.6 Å². The van der Waals surface area contributed by atoms with E-state index < -0.39 is 65.6 Å². The molecule has 0 fully saturated rings. The van der Waals surface area contributed by atoms with Crippen LogP contribution in [0.1, 0.15) is 41.5 Å². The summed E-state index contributed by atoms with van der Waals surface area (Å²) in [5.74, 6) is -16.0. The molecule has 0 saturated heterocycles. The lowest BCUT2D eigenvalue weighted by atomic mass is 10.1.